The summed E-state index contributed by atoms with van der Waals surface area (Å²) >= 11 is 0.935. The second kappa shape index (κ2) is 2.39. The van der Waals surface area contributed by atoms with Crippen LogP contribution >= 0.6 is 11.8 Å². The summed E-state index contributed by atoms with van der Waals surface area (Å²) in [5.74, 6) is -0.870. The molecule has 1 atom stereocenters. The number of hydrogen-bond acceptors (Lipinski definition) is 3. The summed E-state index contributed by atoms with van der Waals surface area (Å²) in [6.45, 7) is 0. The molecule has 4 heteroatoms. The largest absolute Gasteiger partial charge is 0.480 e. The van der Waals surface area contributed by atoms with E-state index in [1.165, 1.54) is 0 Å². The van der Waals surface area contributed by atoms with E-state index >= 15 is 0 Å². The minimum atomic E-state index is -0.870. The molecule has 1 rings (SSSR count). The summed E-state index contributed by atoms with van der Waals surface area (Å²) in [6.07, 6.45) is 0.917. The van der Waals surface area contributed by atoms with Crippen LogP contribution in [0.4, 0.5) is 0 Å². The van der Waals surface area contributed by atoms with Gasteiger partial charge in [-0.05, 0) is 6.42 Å². The molecule has 0 bridgehead atoms. The monoisotopic (exact) mass is 146 g/mol. The van der Waals surface area contributed by atoms with Crippen molar-refractivity contribution in [2.24, 2.45) is 0 Å². The van der Waals surface area contributed by atoms with E-state index in [2.05, 4.69) is 0 Å². The van der Waals surface area contributed by atoms with Crippen LogP contribution in [-0.2, 0) is 9.59 Å². The third-order valence-electron chi connectivity index (χ3n) is 1.16. The van der Waals surface area contributed by atoms with Gasteiger partial charge >= 0.3 is 5.97 Å². The predicted octanol–water partition coefficient (Wildman–Crippen LogP) is 0.493. The van der Waals surface area contributed by atoms with Crippen molar-refractivity contribution in [3.63, 3.8) is 0 Å². The van der Waals surface area contributed by atoms with Gasteiger partial charge < -0.3 is 5.11 Å². The highest BCUT2D eigenvalue weighted by Crippen LogP contribution is 2.27. The van der Waals surface area contributed by atoms with Gasteiger partial charge in [-0.15, -0.1) is 0 Å². The fraction of sp³-hybridized carbons (Fsp3) is 0.600. The fourth-order valence-electron chi connectivity index (χ4n) is 0.699. The molecule has 50 valence electrons. The van der Waals surface area contributed by atoms with E-state index in [0.717, 1.165) is 11.8 Å². The maximum atomic E-state index is 10.5. The minimum absolute atomic E-state index is 0.00222. The number of carbonyl (C=O) groups excluding carboxylic acids is 1. The molecule has 0 unspecified atom stereocenters. The third kappa shape index (κ3) is 1.45. The molecular weight excluding hydrogens is 140 g/mol. The molecule has 1 aliphatic heterocycles. The van der Waals surface area contributed by atoms with Crippen molar-refractivity contribution in [2.45, 2.75) is 18.1 Å². The quantitative estimate of drug-likeness (QED) is 0.585. The molecule has 0 aromatic heterocycles. The van der Waals surface area contributed by atoms with Crippen LogP contribution < -0.4 is 0 Å². The number of carbonyl (C=O) groups is 2. The van der Waals surface area contributed by atoms with Gasteiger partial charge in [0, 0.05) is 6.42 Å². The number of rotatable bonds is 1. The number of hydrogen-bond donors (Lipinski definition) is 1. The molecule has 0 radical (unpaired) electrons. The van der Waals surface area contributed by atoms with Crippen LogP contribution in [0.5, 0.6) is 0 Å². The Labute approximate surface area is 56.4 Å². The van der Waals surface area contributed by atoms with E-state index in [1.54, 1.807) is 0 Å². The molecule has 1 N–H and O–H groups in total. The lowest BCUT2D eigenvalue weighted by Crippen LogP contribution is -2.11. The summed E-state index contributed by atoms with van der Waals surface area (Å²) in [5.41, 5.74) is 0. The van der Waals surface area contributed by atoms with Crippen molar-refractivity contribution < 1.29 is 14.7 Å². The lowest BCUT2D eigenvalue weighted by atomic mass is 10.2. The first-order chi connectivity index (χ1) is 4.20. The van der Waals surface area contributed by atoms with E-state index in [-0.39, 0.29) is 5.12 Å². The van der Waals surface area contributed by atoms with Crippen LogP contribution in [0.2, 0.25) is 0 Å². The third-order valence-corrected chi connectivity index (χ3v) is 2.35. The smallest absolute Gasteiger partial charge is 0.317 e. The van der Waals surface area contributed by atoms with Gasteiger partial charge in [-0.25, -0.2) is 0 Å². The van der Waals surface area contributed by atoms with E-state index in [0.29, 0.717) is 12.8 Å². The van der Waals surface area contributed by atoms with Crippen molar-refractivity contribution in [2.75, 3.05) is 0 Å². The minimum Gasteiger partial charge on any atom is -0.480 e. The van der Waals surface area contributed by atoms with Crippen LogP contribution in [0.25, 0.3) is 0 Å². The van der Waals surface area contributed by atoms with E-state index in [4.69, 9.17) is 5.11 Å². The van der Waals surface area contributed by atoms with Gasteiger partial charge in [0.15, 0.2) is 5.12 Å². The number of carboxylic acid groups (broad SMARTS) is 1. The van der Waals surface area contributed by atoms with Gasteiger partial charge in [-0.2, -0.15) is 0 Å². The summed E-state index contributed by atoms with van der Waals surface area (Å²) in [6, 6.07) is 0. The van der Waals surface area contributed by atoms with E-state index in [9.17, 15) is 9.59 Å². The average Bonchev–Trinajstić information content (AvgIpc) is 2.14. The van der Waals surface area contributed by atoms with Crippen molar-refractivity contribution in [1.82, 2.24) is 0 Å². The Morgan fingerprint density at radius 1 is 1.78 bits per heavy atom. The lowest BCUT2D eigenvalue weighted by Gasteiger charge is -1.95. The molecule has 0 aliphatic carbocycles. The second-order valence-corrected chi connectivity index (χ2v) is 3.12. The standard InChI is InChI=1S/C5H6O3S/c6-4-2-1-3(9-4)5(7)8/h3H,1-2H2,(H,7,8)/t3-/m0/s1. The van der Waals surface area contributed by atoms with E-state index < -0.39 is 11.2 Å². The highest BCUT2D eigenvalue weighted by Gasteiger charge is 2.28. The highest BCUT2D eigenvalue weighted by atomic mass is 32.2. The topological polar surface area (TPSA) is 54.4 Å². The second-order valence-electron chi connectivity index (χ2n) is 1.86. The summed E-state index contributed by atoms with van der Waals surface area (Å²) in [5, 5.41) is 7.89. The van der Waals surface area contributed by atoms with E-state index in [1.807, 2.05) is 0 Å². The maximum absolute atomic E-state index is 10.5. The normalized spacial score (nSPS) is 26.7. The van der Waals surface area contributed by atoms with Gasteiger partial charge in [-0.3, -0.25) is 9.59 Å². The zero-order chi connectivity index (χ0) is 6.85. The molecule has 0 amide bonds. The molecule has 0 aromatic rings. The first kappa shape index (κ1) is 6.61. The van der Waals surface area contributed by atoms with Crippen LogP contribution in [0.1, 0.15) is 12.8 Å². The molecule has 1 heterocycles. The van der Waals surface area contributed by atoms with Gasteiger partial charge in [0.2, 0.25) is 0 Å². The Morgan fingerprint density at radius 3 is 2.67 bits per heavy atom. The molecule has 1 fully saturated rings. The number of thioether (sulfide) groups is 1. The first-order valence-electron chi connectivity index (χ1n) is 2.62. The predicted molar refractivity (Wildman–Crippen MR) is 33.3 cm³/mol. The molecule has 1 saturated heterocycles. The number of aliphatic carboxylic acids is 1. The Kier molecular flexibility index (Phi) is 1.75. The average molecular weight is 146 g/mol. The van der Waals surface area contributed by atoms with Crippen molar-refractivity contribution >= 4 is 22.8 Å². The highest BCUT2D eigenvalue weighted by molar-refractivity contribution is 8.15. The lowest BCUT2D eigenvalue weighted by molar-refractivity contribution is -0.136. The van der Waals surface area contributed by atoms with Crippen molar-refractivity contribution in [1.29, 1.82) is 0 Å². The zero-order valence-electron chi connectivity index (χ0n) is 4.66. The van der Waals surface area contributed by atoms with Crippen LogP contribution in [0.15, 0.2) is 0 Å². The summed E-state index contributed by atoms with van der Waals surface area (Å²) in [4.78, 5) is 20.6. The molecule has 0 saturated carbocycles. The van der Waals surface area contributed by atoms with Crippen LogP contribution in [-0.4, -0.2) is 21.4 Å². The van der Waals surface area contributed by atoms with Crippen LogP contribution in [0, 0.1) is 0 Å². The SMILES string of the molecule is O=C1CC[C@@H](C(=O)O)S1. The van der Waals surface area contributed by atoms with Gasteiger partial charge in [0.1, 0.15) is 5.25 Å². The van der Waals surface area contributed by atoms with Crippen molar-refractivity contribution in [3.8, 4) is 0 Å². The zero-order valence-corrected chi connectivity index (χ0v) is 5.48. The Morgan fingerprint density at radius 2 is 2.44 bits per heavy atom. The van der Waals surface area contributed by atoms with Gasteiger partial charge in [-0.1, -0.05) is 11.8 Å². The van der Waals surface area contributed by atoms with Gasteiger partial charge in [0.05, 0.1) is 0 Å². The van der Waals surface area contributed by atoms with Gasteiger partial charge in [0.25, 0.3) is 0 Å². The number of carboxylic acids is 1. The molecule has 3 nitrogen and oxygen atoms in total. The molecule has 0 aromatic carbocycles. The Balaban J connectivity index is 2.48. The Bertz CT molecular complexity index is 154. The molecular formula is C5H6O3S. The molecule has 1 aliphatic rings. The molecule has 0 spiro atoms. The summed E-state index contributed by atoms with van der Waals surface area (Å²) in [7, 11) is 0. The molecule has 9 heavy (non-hydrogen) atoms. The fourth-order valence-corrected chi connectivity index (χ4v) is 1.59. The first-order valence-corrected chi connectivity index (χ1v) is 3.50. The summed E-state index contributed by atoms with van der Waals surface area (Å²) < 4.78 is 0. The Hall–Kier alpha value is -0.510. The van der Waals surface area contributed by atoms with Crippen LogP contribution in [0.3, 0.4) is 0 Å². The van der Waals surface area contributed by atoms with Crippen molar-refractivity contribution in [3.05, 3.63) is 0 Å². The maximum Gasteiger partial charge on any atom is 0.317 e.